The van der Waals surface area contributed by atoms with Gasteiger partial charge in [0, 0.05) is 44.6 Å². The van der Waals surface area contributed by atoms with Crippen molar-refractivity contribution in [3.8, 4) is 5.75 Å². The van der Waals surface area contributed by atoms with Crippen molar-refractivity contribution < 1.29 is 24.2 Å². The van der Waals surface area contributed by atoms with Crippen LogP contribution < -0.4 is 21.1 Å². The molecule has 1 fully saturated rings. The van der Waals surface area contributed by atoms with Crippen molar-refractivity contribution in [2.75, 3.05) is 51.0 Å². The molecule has 0 unspecified atom stereocenters. The fraction of sp³-hybridized carbons (Fsp3) is 0.357. The van der Waals surface area contributed by atoms with Crippen molar-refractivity contribution in [1.82, 2.24) is 29.5 Å². The van der Waals surface area contributed by atoms with E-state index < -0.39 is 5.91 Å². The number of piperidine rings is 1. The van der Waals surface area contributed by atoms with Gasteiger partial charge in [0.05, 0.1) is 37.3 Å². The van der Waals surface area contributed by atoms with E-state index in [1.807, 2.05) is 6.20 Å². The van der Waals surface area contributed by atoms with Crippen LogP contribution in [0.3, 0.4) is 0 Å². The van der Waals surface area contributed by atoms with E-state index in [4.69, 9.17) is 10.5 Å². The summed E-state index contributed by atoms with van der Waals surface area (Å²) < 4.78 is 7.35. The van der Waals surface area contributed by atoms with Crippen LogP contribution in [-0.2, 0) is 4.79 Å². The minimum absolute atomic E-state index is 0.0160. The van der Waals surface area contributed by atoms with E-state index in [0.29, 0.717) is 41.3 Å². The molecule has 3 aromatic rings. The Morgan fingerprint density at radius 2 is 2.07 bits per heavy atom. The summed E-state index contributed by atoms with van der Waals surface area (Å²) in [5, 5.41) is 19.8. The van der Waals surface area contributed by atoms with Gasteiger partial charge in [0.1, 0.15) is 17.1 Å². The highest BCUT2D eigenvalue weighted by molar-refractivity contribution is 5.99. The third kappa shape index (κ3) is 6.66. The Morgan fingerprint density at radius 1 is 1.29 bits per heavy atom. The van der Waals surface area contributed by atoms with Crippen molar-refractivity contribution >= 4 is 40.9 Å². The van der Waals surface area contributed by atoms with Crippen molar-refractivity contribution in [3.05, 3.63) is 60.1 Å². The molecule has 2 aromatic heterocycles. The average Bonchev–Trinajstić information content (AvgIpc) is 3.45. The van der Waals surface area contributed by atoms with E-state index in [-0.39, 0.29) is 48.3 Å². The molecule has 1 saturated heterocycles. The molecule has 14 heteroatoms. The number of likely N-dealkylation sites (N-methyl/N-ethyl adjacent to an activating group) is 1. The molecule has 3 amide bonds. The summed E-state index contributed by atoms with van der Waals surface area (Å²) in [5.74, 6) is -0.453. The van der Waals surface area contributed by atoms with E-state index in [2.05, 4.69) is 32.3 Å². The zero-order valence-corrected chi connectivity index (χ0v) is 23.8. The second kappa shape index (κ2) is 13.1. The van der Waals surface area contributed by atoms with Gasteiger partial charge < -0.3 is 36.0 Å². The lowest BCUT2D eigenvalue weighted by molar-refractivity contribution is -0.127. The van der Waals surface area contributed by atoms with Gasteiger partial charge in [-0.3, -0.25) is 19.1 Å². The summed E-state index contributed by atoms with van der Waals surface area (Å²) >= 11 is 0. The number of hydrogen-bond donors (Lipinski definition) is 4. The molecule has 5 N–H and O–H groups in total. The number of likely N-dealkylation sites (tertiary alicyclic amines) is 1. The summed E-state index contributed by atoms with van der Waals surface area (Å²) in [5.41, 5.74) is 7.77. The predicted octanol–water partition coefficient (Wildman–Crippen LogP) is 1.99. The van der Waals surface area contributed by atoms with Crippen LogP contribution in [0.15, 0.2) is 43.4 Å². The van der Waals surface area contributed by atoms with E-state index in [1.165, 1.54) is 24.3 Å². The largest absolute Gasteiger partial charge is 0.495 e. The first-order valence-corrected chi connectivity index (χ1v) is 13.4. The number of aliphatic hydroxyl groups excluding tert-OH is 1. The highest BCUT2D eigenvalue weighted by atomic mass is 16.5. The number of benzene rings is 1. The Hall–Kier alpha value is -4.98. The molecule has 222 valence electrons. The van der Waals surface area contributed by atoms with Gasteiger partial charge in [-0.2, -0.15) is 10.1 Å². The van der Waals surface area contributed by atoms with Gasteiger partial charge in [-0.15, -0.1) is 0 Å². The number of nitrogens with zero attached hydrogens (tertiary/aromatic N) is 6. The Balaban J connectivity index is 1.57. The number of nitrogens with two attached hydrogens (primary N) is 1. The fourth-order valence-corrected chi connectivity index (χ4v) is 4.74. The number of methoxy groups -OCH3 is 1. The number of hydrogen-bond acceptors (Lipinski definition) is 10. The number of aliphatic hydroxyl groups is 1. The molecule has 4 rings (SSSR count). The number of aromatic nitrogens is 4. The number of primary amides is 1. The number of carbonyl (C=O) groups excluding carboxylic acids is 3. The number of nitrogens with one attached hydrogen (secondary N) is 2. The molecular weight excluding hydrogens is 542 g/mol. The molecule has 0 bridgehead atoms. The quantitative estimate of drug-likeness (QED) is 0.246. The molecule has 1 aromatic carbocycles. The van der Waals surface area contributed by atoms with Crippen molar-refractivity contribution in [1.29, 1.82) is 0 Å². The molecule has 1 aliphatic heterocycles. The van der Waals surface area contributed by atoms with Crippen LogP contribution in [-0.4, -0.2) is 92.8 Å². The van der Waals surface area contributed by atoms with Crippen LogP contribution in [0.1, 0.15) is 45.2 Å². The summed E-state index contributed by atoms with van der Waals surface area (Å²) in [6.45, 7) is 6.60. The normalized spacial score (nSPS) is 14.7. The average molecular weight is 578 g/mol. The smallest absolute Gasteiger partial charge is 0.254 e. The van der Waals surface area contributed by atoms with Gasteiger partial charge in [0.15, 0.2) is 0 Å². The lowest BCUT2D eigenvalue weighted by Crippen LogP contribution is -2.39. The van der Waals surface area contributed by atoms with Gasteiger partial charge in [-0.05, 0) is 43.5 Å². The van der Waals surface area contributed by atoms with Crippen molar-refractivity contribution in [2.24, 2.45) is 5.73 Å². The molecule has 0 radical (unpaired) electrons. The number of anilines is 4. The summed E-state index contributed by atoms with van der Waals surface area (Å²) in [6.07, 6.45) is 7.80. The van der Waals surface area contributed by atoms with Crippen LogP contribution in [0, 0.1) is 6.92 Å². The molecule has 3 heterocycles. The first-order valence-electron chi connectivity index (χ1n) is 13.4. The molecule has 14 nitrogen and oxygen atoms in total. The van der Waals surface area contributed by atoms with E-state index in [1.54, 1.807) is 41.9 Å². The van der Waals surface area contributed by atoms with Gasteiger partial charge in [-0.25, -0.2) is 4.98 Å². The fourth-order valence-electron chi connectivity index (χ4n) is 4.74. The summed E-state index contributed by atoms with van der Waals surface area (Å²) in [4.78, 5) is 48.9. The minimum Gasteiger partial charge on any atom is -0.495 e. The first kappa shape index (κ1) is 30.0. The standard InChI is InChI=1S/C28H35N9O5/c1-5-23(39)36-8-6-7-20(16-36)37-15-19(13-31-37)32-28-30-14-21(25(29)40)26(34-28)33-24-17(2)11-18(12-22(24)42-4)27(41)35(3)9-10-38/h5,11-15,20,38H,1,6-10,16H2,2-4H3,(H2,29,40)(H2,30,32,33,34)/t20-/m1/s1. The maximum absolute atomic E-state index is 12.8. The maximum Gasteiger partial charge on any atom is 0.254 e. The molecule has 42 heavy (non-hydrogen) atoms. The topological polar surface area (TPSA) is 181 Å². The lowest BCUT2D eigenvalue weighted by Gasteiger charge is -2.32. The maximum atomic E-state index is 12.8. The van der Waals surface area contributed by atoms with Crippen LogP contribution in [0.25, 0.3) is 0 Å². The number of aryl methyl sites for hydroxylation is 1. The Bertz CT molecular complexity index is 1490. The minimum atomic E-state index is -0.734. The monoisotopic (exact) mass is 577 g/mol. The Morgan fingerprint density at radius 3 is 2.76 bits per heavy atom. The molecule has 0 saturated carbocycles. The number of ether oxygens (including phenoxy) is 1. The van der Waals surface area contributed by atoms with Gasteiger partial charge in [0.25, 0.3) is 11.8 Å². The summed E-state index contributed by atoms with van der Waals surface area (Å²) in [7, 11) is 3.06. The predicted molar refractivity (Wildman–Crippen MR) is 156 cm³/mol. The van der Waals surface area contributed by atoms with Gasteiger partial charge in [-0.1, -0.05) is 6.58 Å². The first-order chi connectivity index (χ1) is 20.1. The lowest BCUT2D eigenvalue weighted by atomic mass is 10.1. The van der Waals surface area contributed by atoms with E-state index in [0.717, 1.165) is 12.8 Å². The second-order valence-electron chi connectivity index (χ2n) is 9.88. The van der Waals surface area contributed by atoms with Crippen molar-refractivity contribution in [3.63, 3.8) is 0 Å². The zero-order valence-electron chi connectivity index (χ0n) is 23.8. The van der Waals surface area contributed by atoms with Crippen LogP contribution >= 0.6 is 0 Å². The summed E-state index contributed by atoms with van der Waals surface area (Å²) in [6, 6.07) is 3.26. The van der Waals surface area contributed by atoms with Gasteiger partial charge in [0.2, 0.25) is 11.9 Å². The Kier molecular flexibility index (Phi) is 9.37. The molecule has 1 aliphatic rings. The number of amides is 3. The molecular formula is C28H35N9O5. The third-order valence-corrected chi connectivity index (χ3v) is 6.96. The van der Waals surface area contributed by atoms with Crippen LogP contribution in [0.5, 0.6) is 5.75 Å². The highest BCUT2D eigenvalue weighted by Gasteiger charge is 2.24. The van der Waals surface area contributed by atoms with Crippen LogP contribution in [0.4, 0.5) is 23.1 Å². The number of rotatable bonds is 11. The number of carbonyl (C=O) groups is 3. The van der Waals surface area contributed by atoms with E-state index >= 15 is 0 Å². The second-order valence-corrected chi connectivity index (χ2v) is 9.88. The molecule has 1 atom stereocenters. The van der Waals surface area contributed by atoms with E-state index in [9.17, 15) is 19.5 Å². The third-order valence-electron chi connectivity index (χ3n) is 6.96. The molecule has 0 spiro atoms. The Labute approximate surface area is 243 Å². The van der Waals surface area contributed by atoms with Gasteiger partial charge >= 0.3 is 0 Å². The SMILES string of the molecule is C=CC(=O)N1CCC[C@@H](n2cc(Nc3ncc(C(N)=O)c(Nc4c(C)cc(C(=O)N(C)CCO)cc4OC)n3)cn2)C1. The zero-order chi connectivity index (χ0) is 30.4. The van der Waals surface area contributed by atoms with Crippen LogP contribution in [0.2, 0.25) is 0 Å². The van der Waals surface area contributed by atoms with Crippen molar-refractivity contribution in [2.45, 2.75) is 25.8 Å². The highest BCUT2D eigenvalue weighted by Crippen LogP contribution is 2.34. The molecule has 0 aliphatic carbocycles.